The lowest BCUT2D eigenvalue weighted by atomic mass is 9.83. The molecule has 0 bridgehead atoms. The Morgan fingerprint density at radius 2 is 2.00 bits per heavy atom. The van der Waals surface area contributed by atoms with E-state index in [1.807, 2.05) is 43.3 Å². The van der Waals surface area contributed by atoms with Gasteiger partial charge in [-0.1, -0.05) is 42.5 Å². The first-order valence-corrected chi connectivity index (χ1v) is 9.75. The highest BCUT2D eigenvalue weighted by molar-refractivity contribution is 6.06. The number of ether oxygens (including phenoxy) is 1. The number of rotatable bonds is 3. The summed E-state index contributed by atoms with van der Waals surface area (Å²) in [7, 11) is 0. The third kappa shape index (κ3) is 3.75. The van der Waals surface area contributed by atoms with E-state index in [2.05, 4.69) is 0 Å². The summed E-state index contributed by atoms with van der Waals surface area (Å²) in [5.74, 6) is -0.546. The minimum atomic E-state index is -0.555. The third-order valence-corrected chi connectivity index (χ3v) is 5.67. The lowest BCUT2D eigenvalue weighted by Gasteiger charge is -2.47. The molecule has 1 spiro atoms. The Morgan fingerprint density at radius 1 is 1.21 bits per heavy atom. The van der Waals surface area contributed by atoms with Crippen LogP contribution in [0, 0.1) is 5.82 Å². The topological polar surface area (TPSA) is 49.9 Å². The third-order valence-electron chi connectivity index (χ3n) is 5.67. The molecule has 0 saturated carbocycles. The normalized spacial score (nSPS) is 23.7. The Balaban J connectivity index is 1.46. The molecule has 0 aromatic heterocycles. The molecule has 2 heterocycles. The van der Waals surface area contributed by atoms with Gasteiger partial charge in [0.1, 0.15) is 12.4 Å². The van der Waals surface area contributed by atoms with Gasteiger partial charge in [-0.2, -0.15) is 0 Å². The van der Waals surface area contributed by atoms with E-state index in [0.29, 0.717) is 25.1 Å². The van der Waals surface area contributed by atoms with Crippen molar-refractivity contribution < 1.29 is 18.7 Å². The summed E-state index contributed by atoms with van der Waals surface area (Å²) >= 11 is 0. The van der Waals surface area contributed by atoms with Crippen molar-refractivity contribution in [3.63, 3.8) is 0 Å². The van der Waals surface area contributed by atoms with E-state index in [0.717, 1.165) is 5.56 Å². The summed E-state index contributed by atoms with van der Waals surface area (Å²) in [6.07, 6.45) is 4.20. The Bertz CT molecular complexity index is 946. The largest absolute Gasteiger partial charge is 0.445 e. The summed E-state index contributed by atoms with van der Waals surface area (Å²) in [5, 5.41) is 0. The van der Waals surface area contributed by atoms with Gasteiger partial charge in [-0.15, -0.1) is 0 Å². The molecule has 2 unspecified atom stereocenters. The second-order valence-corrected chi connectivity index (χ2v) is 7.63. The van der Waals surface area contributed by atoms with Crippen molar-refractivity contribution in [2.24, 2.45) is 0 Å². The van der Waals surface area contributed by atoms with Crippen LogP contribution < -0.4 is 4.90 Å². The zero-order chi connectivity index (χ0) is 20.4. The van der Waals surface area contributed by atoms with Crippen molar-refractivity contribution in [3.8, 4) is 0 Å². The number of amides is 2. The highest BCUT2D eigenvalue weighted by atomic mass is 19.1. The summed E-state index contributed by atoms with van der Waals surface area (Å²) in [5.41, 5.74) is 0.913. The fraction of sp³-hybridized carbons (Fsp3) is 0.304. The Labute approximate surface area is 169 Å². The first kappa shape index (κ1) is 19.2. The van der Waals surface area contributed by atoms with Crippen molar-refractivity contribution in [1.29, 1.82) is 0 Å². The summed E-state index contributed by atoms with van der Waals surface area (Å²) in [4.78, 5) is 28.5. The lowest BCUT2D eigenvalue weighted by molar-refractivity contribution is -0.114. The van der Waals surface area contributed by atoms with Gasteiger partial charge in [-0.3, -0.25) is 9.69 Å². The monoisotopic (exact) mass is 394 g/mol. The predicted molar refractivity (Wildman–Crippen MR) is 108 cm³/mol. The summed E-state index contributed by atoms with van der Waals surface area (Å²) < 4.78 is 19.2. The molecule has 2 aliphatic heterocycles. The average Bonchev–Trinajstić information content (AvgIpc) is 3.02. The maximum atomic E-state index is 13.7. The number of hydrogen-bond donors (Lipinski definition) is 0. The van der Waals surface area contributed by atoms with Crippen LogP contribution >= 0.6 is 0 Å². The molecular formula is C23H23FN2O3. The average molecular weight is 394 g/mol. The maximum Gasteiger partial charge on any atom is 0.410 e. The molecule has 2 aromatic carbocycles. The van der Waals surface area contributed by atoms with E-state index in [1.54, 1.807) is 28.0 Å². The van der Waals surface area contributed by atoms with Crippen LogP contribution in [0.3, 0.4) is 0 Å². The van der Waals surface area contributed by atoms with E-state index in [9.17, 15) is 14.0 Å². The quantitative estimate of drug-likeness (QED) is 0.780. The van der Waals surface area contributed by atoms with E-state index in [4.69, 9.17) is 4.74 Å². The molecule has 0 aliphatic carbocycles. The zero-order valence-electron chi connectivity index (χ0n) is 16.3. The zero-order valence-corrected chi connectivity index (χ0v) is 16.3. The number of likely N-dealkylation sites (tertiary alicyclic amines) is 1. The van der Waals surface area contributed by atoms with Gasteiger partial charge in [0.2, 0.25) is 0 Å². The Morgan fingerprint density at radius 3 is 2.72 bits per heavy atom. The van der Waals surface area contributed by atoms with Crippen LogP contribution in [0.15, 0.2) is 66.7 Å². The molecule has 2 aliphatic rings. The van der Waals surface area contributed by atoms with Crippen LogP contribution in [0.25, 0.3) is 0 Å². The lowest BCUT2D eigenvalue weighted by Crippen LogP contribution is -2.57. The number of carbonyl (C=O) groups is 2. The van der Waals surface area contributed by atoms with Crippen molar-refractivity contribution in [2.45, 2.75) is 38.0 Å². The molecule has 2 atom stereocenters. The highest BCUT2D eigenvalue weighted by Crippen LogP contribution is 2.40. The number of carbonyl (C=O) groups excluding carboxylic acids is 2. The Kier molecular flexibility index (Phi) is 5.09. The molecule has 5 nitrogen and oxygen atoms in total. The summed E-state index contributed by atoms with van der Waals surface area (Å²) in [6, 6.07) is 15.5. The fourth-order valence-corrected chi connectivity index (χ4v) is 4.28. The first-order chi connectivity index (χ1) is 14.0. The number of benzene rings is 2. The van der Waals surface area contributed by atoms with Gasteiger partial charge < -0.3 is 9.64 Å². The van der Waals surface area contributed by atoms with Crippen molar-refractivity contribution in [2.75, 3.05) is 11.4 Å². The van der Waals surface area contributed by atoms with Gasteiger partial charge in [0.25, 0.3) is 5.91 Å². The van der Waals surface area contributed by atoms with Gasteiger partial charge >= 0.3 is 6.09 Å². The molecule has 0 N–H and O–H groups in total. The summed E-state index contributed by atoms with van der Waals surface area (Å²) in [6.45, 7) is 2.63. The van der Waals surface area contributed by atoms with Gasteiger partial charge in [0.15, 0.2) is 0 Å². The van der Waals surface area contributed by atoms with Crippen LogP contribution in [0.2, 0.25) is 0 Å². The minimum Gasteiger partial charge on any atom is -0.445 e. The molecule has 6 heteroatoms. The highest BCUT2D eigenvalue weighted by Gasteiger charge is 2.47. The van der Waals surface area contributed by atoms with Crippen LogP contribution in [-0.4, -0.2) is 35.0 Å². The van der Waals surface area contributed by atoms with Crippen molar-refractivity contribution >= 4 is 17.7 Å². The number of piperidine rings is 1. The van der Waals surface area contributed by atoms with E-state index in [-0.39, 0.29) is 30.5 Å². The molecular weight excluding hydrogens is 371 g/mol. The number of anilines is 1. The van der Waals surface area contributed by atoms with Crippen LogP contribution in [0.1, 0.15) is 25.3 Å². The van der Waals surface area contributed by atoms with Gasteiger partial charge in [0, 0.05) is 24.4 Å². The second kappa shape index (κ2) is 7.70. The number of nitrogens with zero attached hydrogens (tertiary/aromatic N) is 2. The van der Waals surface area contributed by atoms with Crippen LogP contribution in [0.4, 0.5) is 14.9 Å². The molecule has 1 fully saturated rings. The van der Waals surface area contributed by atoms with E-state index in [1.165, 1.54) is 12.1 Å². The first-order valence-electron chi connectivity index (χ1n) is 9.75. The molecule has 4 rings (SSSR count). The van der Waals surface area contributed by atoms with Gasteiger partial charge in [0.05, 0.1) is 5.54 Å². The minimum absolute atomic E-state index is 0.126. The van der Waals surface area contributed by atoms with E-state index >= 15 is 0 Å². The molecule has 2 amide bonds. The number of hydrogen-bond acceptors (Lipinski definition) is 3. The smallest absolute Gasteiger partial charge is 0.410 e. The Hall–Kier alpha value is -3.15. The van der Waals surface area contributed by atoms with Crippen molar-refractivity contribution in [1.82, 2.24) is 4.90 Å². The second-order valence-electron chi connectivity index (χ2n) is 7.63. The maximum absolute atomic E-state index is 13.7. The molecule has 29 heavy (non-hydrogen) atoms. The molecule has 0 radical (unpaired) electrons. The standard InChI is InChI=1S/C23H23FN2O3/c1-17-15-23(11-10-21(27)26(23)20-9-5-8-19(24)14-20)12-13-25(17)22(28)29-16-18-6-3-2-4-7-18/h2-11,14,17H,12-13,15-16H2,1H3. The van der Waals surface area contributed by atoms with Crippen LogP contribution in [0.5, 0.6) is 0 Å². The van der Waals surface area contributed by atoms with Crippen molar-refractivity contribution in [3.05, 3.63) is 78.1 Å². The fourth-order valence-electron chi connectivity index (χ4n) is 4.28. The predicted octanol–water partition coefficient (Wildman–Crippen LogP) is 4.29. The van der Waals surface area contributed by atoms with E-state index < -0.39 is 5.54 Å². The number of halogens is 1. The SMILES string of the molecule is CC1CC2(C=CC(=O)N2c2cccc(F)c2)CCN1C(=O)OCc1ccccc1. The molecule has 150 valence electrons. The molecule has 2 aromatic rings. The van der Waals surface area contributed by atoms with Crippen LogP contribution in [-0.2, 0) is 16.1 Å². The molecule has 1 saturated heterocycles. The van der Waals surface area contributed by atoms with Gasteiger partial charge in [-0.25, -0.2) is 9.18 Å². The van der Waals surface area contributed by atoms with Gasteiger partial charge in [-0.05, 0) is 43.5 Å².